The normalized spacial score (nSPS) is 20.9. The maximum atomic E-state index is 12.9. The van der Waals surface area contributed by atoms with Crippen molar-refractivity contribution in [2.45, 2.75) is 70.4 Å². The molecule has 172 valence electrons. The molecule has 1 heterocycles. The molecule has 1 aromatic rings. The Morgan fingerprint density at radius 1 is 1.10 bits per heavy atom. The average Bonchev–Trinajstić information content (AvgIpc) is 3.10. The lowest BCUT2D eigenvalue weighted by Gasteiger charge is -2.38. The largest absolute Gasteiger partial charge is 0.494 e. The Morgan fingerprint density at radius 2 is 1.87 bits per heavy atom. The standard InChI is InChI=1S/C23H33NO6S/c1-18-7-5-10-21(15-18)29-13-6-11-23(26)30-16-22(25)24(19-8-3-2-4-9-19)20-12-14-31(27,28)17-20/h5,7,10,15,19-20H,2-4,6,8-9,11-14,16-17H2,1H3. The maximum absolute atomic E-state index is 12.9. The average molecular weight is 452 g/mol. The van der Waals surface area contributed by atoms with Gasteiger partial charge in [0, 0.05) is 18.5 Å². The summed E-state index contributed by atoms with van der Waals surface area (Å²) in [5.74, 6) is 0.175. The van der Waals surface area contributed by atoms with E-state index in [0.717, 1.165) is 43.4 Å². The van der Waals surface area contributed by atoms with Crippen molar-refractivity contribution in [1.29, 1.82) is 0 Å². The maximum Gasteiger partial charge on any atom is 0.306 e. The van der Waals surface area contributed by atoms with Crippen LogP contribution in [0.3, 0.4) is 0 Å². The first-order valence-corrected chi connectivity index (χ1v) is 13.0. The van der Waals surface area contributed by atoms with Crippen LogP contribution >= 0.6 is 0 Å². The molecule has 1 aliphatic heterocycles. The highest BCUT2D eigenvalue weighted by Crippen LogP contribution is 2.28. The van der Waals surface area contributed by atoms with Gasteiger partial charge in [0.05, 0.1) is 18.1 Å². The first-order chi connectivity index (χ1) is 14.8. The highest BCUT2D eigenvalue weighted by molar-refractivity contribution is 7.91. The van der Waals surface area contributed by atoms with Crippen LogP contribution in [0.15, 0.2) is 24.3 Å². The van der Waals surface area contributed by atoms with Crippen LogP contribution in [0.1, 0.15) is 56.9 Å². The van der Waals surface area contributed by atoms with E-state index in [2.05, 4.69) is 0 Å². The summed E-state index contributed by atoms with van der Waals surface area (Å²) in [5.41, 5.74) is 1.10. The van der Waals surface area contributed by atoms with E-state index in [1.807, 2.05) is 31.2 Å². The van der Waals surface area contributed by atoms with Crippen LogP contribution < -0.4 is 4.74 Å². The van der Waals surface area contributed by atoms with Gasteiger partial charge < -0.3 is 14.4 Å². The summed E-state index contributed by atoms with van der Waals surface area (Å²) in [6.45, 7) is 2.05. The lowest BCUT2D eigenvalue weighted by molar-refractivity contribution is -0.154. The summed E-state index contributed by atoms with van der Waals surface area (Å²) < 4.78 is 34.8. The third-order valence-electron chi connectivity index (χ3n) is 6.00. The number of nitrogens with zero attached hydrogens (tertiary/aromatic N) is 1. The lowest BCUT2D eigenvalue weighted by atomic mass is 9.93. The number of hydrogen-bond acceptors (Lipinski definition) is 6. The van der Waals surface area contributed by atoms with Gasteiger partial charge in [-0.15, -0.1) is 0 Å². The van der Waals surface area contributed by atoms with Gasteiger partial charge in [-0.25, -0.2) is 8.42 Å². The quantitative estimate of drug-likeness (QED) is 0.423. The molecule has 1 aliphatic carbocycles. The third kappa shape index (κ3) is 7.23. The molecule has 1 atom stereocenters. The fourth-order valence-corrected chi connectivity index (χ4v) is 6.17. The van der Waals surface area contributed by atoms with Gasteiger partial charge in [0.15, 0.2) is 16.4 Å². The number of aryl methyl sites for hydroxylation is 1. The summed E-state index contributed by atoms with van der Waals surface area (Å²) in [6, 6.07) is 7.44. The van der Waals surface area contributed by atoms with Gasteiger partial charge in [-0.2, -0.15) is 0 Å². The van der Waals surface area contributed by atoms with Gasteiger partial charge in [-0.05, 0) is 50.3 Å². The second-order valence-corrected chi connectivity index (χ2v) is 10.8. The molecule has 31 heavy (non-hydrogen) atoms. The van der Waals surface area contributed by atoms with Crippen LogP contribution in [-0.2, 0) is 24.2 Å². The molecule has 2 fully saturated rings. The van der Waals surface area contributed by atoms with E-state index in [1.54, 1.807) is 4.90 Å². The Kier molecular flexibility index (Phi) is 8.35. The van der Waals surface area contributed by atoms with E-state index >= 15 is 0 Å². The molecule has 0 aromatic heterocycles. The van der Waals surface area contributed by atoms with Crippen LogP contribution in [0, 0.1) is 6.92 Å². The minimum absolute atomic E-state index is 0.0134. The molecule has 8 heteroatoms. The Morgan fingerprint density at radius 3 is 2.55 bits per heavy atom. The number of amides is 1. The van der Waals surface area contributed by atoms with Crippen molar-refractivity contribution in [2.75, 3.05) is 24.7 Å². The second-order valence-electron chi connectivity index (χ2n) is 8.58. The zero-order valence-corrected chi connectivity index (χ0v) is 19.1. The summed E-state index contributed by atoms with van der Waals surface area (Å²) in [7, 11) is -3.10. The van der Waals surface area contributed by atoms with Crippen LogP contribution in [0.4, 0.5) is 0 Å². The van der Waals surface area contributed by atoms with Crippen LogP contribution in [-0.4, -0.2) is 62.0 Å². The summed E-state index contributed by atoms with van der Waals surface area (Å²) in [4.78, 5) is 26.7. The molecule has 1 amide bonds. The molecule has 0 spiro atoms. The van der Waals surface area contributed by atoms with Gasteiger partial charge in [0.25, 0.3) is 5.91 Å². The van der Waals surface area contributed by atoms with Crippen molar-refractivity contribution in [1.82, 2.24) is 4.90 Å². The van der Waals surface area contributed by atoms with E-state index in [4.69, 9.17) is 9.47 Å². The number of sulfone groups is 1. The number of rotatable bonds is 9. The molecule has 1 aromatic carbocycles. The van der Waals surface area contributed by atoms with E-state index in [1.165, 1.54) is 0 Å². The number of carbonyl (C=O) groups is 2. The minimum atomic E-state index is -3.10. The summed E-state index contributed by atoms with van der Waals surface area (Å²) in [5, 5.41) is 0. The van der Waals surface area contributed by atoms with Crippen LogP contribution in [0.5, 0.6) is 5.75 Å². The predicted octanol–water partition coefficient (Wildman–Crippen LogP) is 3.05. The smallest absolute Gasteiger partial charge is 0.306 e. The molecule has 0 N–H and O–H groups in total. The first kappa shape index (κ1) is 23.6. The van der Waals surface area contributed by atoms with Crippen LogP contribution in [0.25, 0.3) is 0 Å². The van der Waals surface area contributed by atoms with Gasteiger partial charge in [0.1, 0.15) is 5.75 Å². The zero-order chi connectivity index (χ0) is 22.3. The molecular formula is C23H33NO6S. The third-order valence-corrected chi connectivity index (χ3v) is 7.75. The van der Waals surface area contributed by atoms with Gasteiger partial charge in [-0.1, -0.05) is 31.4 Å². The van der Waals surface area contributed by atoms with E-state index in [0.29, 0.717) is 19.4 Å². The number of hydrogen-bond donors (Lipinski definition) is 0. The van der Waals surface area contributed by atoms with Gasteiger partial charge in [-0.3, -0.25) is 9.59 Å². The number of benzene rings is 1. The number of ether oxygens (including phenoxy) is 2. The van der Waals surface area contributed by atoms with Crippen molar-refractivity contribution in [3.63, 3.8) is 0 Å². The minimum Gasteiger partial charge on any atom is -0.494 e. The predicted molar refractivity (Wildman–Crippen MR) is 118 cm³/mol. The van der Waals surface area contributed by atoms with Crippen molar-refractivity contribution in [3.05, 3.63) is 29.8 Å². The summed E-state index contributed by atoms with van der Waals surface area (Å²) in [6.07, 6.45) is 6.10. The molecular weight excluding hydrogens is 418 g/mol. The fraction of sp³-hybridized carbons (Fsp3) is 0.652. The monoisotopic (exact) mass is 451 g/mol. The number of carbonyl (C=O) groups excluding carboxylic acids is 2. The lowest BCUT2D eigenvalue weighted by Crippen LogP contribution is -2.50. The first-order valence-electron chi connectivity index (χ1n) is 11.2. The Bertz CT molecular complexity index is 863. The molecule has 2 aliphatic rings. The molecule has 1 saturated heterocycles. The molecule has 1 unspecified atom stereocenters. The summed E-state index contributed by atoms with van der Waals surface area (Å²) >= 11 is 0. The fourth-order valence-electron chi connectivity index (χ4n) is 4.46. The SMILES string of the molecule is Cc1cccc(OCCCC(=O)OCC(=O)N(C2CCCCC2)C2CCS(=O)(=O)C2)c1. The van der Waals surface area contributed by atoms with Crippen LogP contribution in [0.2, 0.25) is 0 Å². The Balaban J connectivity index is 1.45. The van der Waals surface area contributed by atoms with E-state index in [9.17, 15) is 18.0 Å². The second kappa shape index (κ2) is 11.0. The number of esters is 1. The van der Waals surface area contributed by atoms with Gasteiger partial charge >= 0.3 is 5.97 Å². The van der Waals surface area contributed by atoms with Gasteiger partial charge in [0.2, 0.25) is 0 Å². The van der Waals surface area contributed by atoms with Crippen molar-refractivity contribution in [3.8, 4) is 5.75 Å². The highest BCUT2D eigenvalue weighted by atomic mass is 32.2. The van der Waals surface area contributed by atoms with Crippen molar-refractivity contribution in [2.24, 2.45) is 0 Å². The molecule has 0 bridgehead atoms. The molecule has 7 nitrogen and oxygen atoms in total. The zero-order valence-electron chi connectivity index (χ0n) is 18.3. The topological polar surface area (TPSA) is 90.0 Å². The molecule has 3 rings (SSSR count). The Labute approximate surface area is 185 Å². The van der Waals surface area contributed by atoms with E-state index in [-0.39, 0.29) is 42.5 Å². The molecule has 1 saturated carbocycles. The Hall–Kier alpha value is -2.09. The van der Waals surface area contributed by atoms with E-state index < -0.39 is 15.8 Å². The molecule has 0 radical (unpaired) electrons. The van der Waals surface area contributed by atoms with Crippen molar-refractivity contribution < 1.29 is 27.5 Å². The highest BCUT2D eigenvalue weighted by Gasteiger charge is 2.38. The van der Waals surface area contributed by atoms with Crippen molar-refractivity contribution >= 4 is 21.7 Å².